The molecule has 0 atom stereocenters. The van der Waals surface area contributed by atoms with Crippen LogP contribution in [-0.2, 0) is 11.4 Å². The Morgan fingerprint density at radius 2 is 1.89 bits per heavy atom. The Hall–Kier alpha value is -2.76. The lowest BCUT2D eigenvalue weighted by molar-refractivity contribution is -0.133. The first-order valence-corrected chi connectivity index (χ1v) is 9.85. The van der Waals surface area contributed by atoms with Crippen LogP contribution in [-0.4, -0.2) is 35.8 Å². The molecule has 1 N–H and O–H groups in total. The molecule has 1 saturated heterocycles. The summed E-state index contributed by atoms with van der Waals surface area (Å²) in [6, 6.07) is 11.3. The van der Waals surface area contributed by atoms with Gasteiger partial charge >= 0.3 is 0 Å². The van der Waals surface area contributed by atoms with Crippen molar-refractivity contribution in [1.82, 2.24) is 10.2 Å². The highest BCUT2D eigenvalue weighted by Crippen LogP contribution is 2.18. The molecule has 3 rings (SSSR count). The van der Waals surface area contributed by atoms with Crippen molar-refractivity contribution in [3.63, 3.8) is 0 Å². The Balaban J connectivity index is 1.49. The van der Waals surface area contributed by atoms with Crippen LogP contribution in [0.4, 0.5) is 0 Å². The van der Waals surface area contributed by atoms with E-state index in [1.807, 2.05) is 49.1 Å². The highest BCUT2D eigenvalue weighted by molar-refractivity contribution is 5.93. The molecule has 6 heteroatoms. The second-order valence-corrected chi connectivity index (χ2v) is 7.60. The smallest absolute Gasteiger partial charge is 0.287 e. The van der Waals surface area contributed by atoms with Crippen molar-refractivity contribution in [2.45, 2.75) is 45.8 Å². The van der Waals surface area contributed by atoms with Crippen LogP contribution < -0.4 is 10.1 Å². The van der Waals surface area contributed by atoms with Gasteiger partial charge in [-0.15, -0.1) is 0 Å². The third-order valence-corrected chi connectivity index (χ3v) is 4.86. The molecule has 150 valence electrons. The molecule has 2 heterocycles. The van der Waals surface area contributed by atoms with E-state index in [1.54, 1.807) is 6.07 Å². The molecule has 1 aliphatic rings. The fourth-order valence-electron chi connectivity index (χ4n) is 3.33. The average Bonchev–Trinajstić information content (AvgIpc) is 3.16. The predicted octanol–water partition coefficient (Wildman–Crippen LogP) is 3.63. The maximum absolute atomic E-state index is 12.6. The number of furan rings is 1. The quantitative estimate of drug-likeness (QED) is 0.791. The number of nitrogens with zero attached hydrogens (tertiary/aromatic N) is 1. The number of nitrogens with one attached hydrogen (secondary N) is 1. The summed E-state index contributed by atoms with van der Waals surface area (Å²) in [6.07, 6.45) is 3.60. The topological polar surface area (TPSA) is 71.8 Å². The van der Waals surface area contributed by atoms with E-state index in [0.29, 0.717) is 31.0 Å². The summed E-state index contributed by atoms with van der Waals surface area (Å²) < 4.78 is 11.1. The number of piperidine rings is 1. The van der Waals surface area contributed by atoms with Crippen LogP contribution in [0.3, 0.4) is 0 Å². The summed E-state index contributed by atoms with van der Waals surface area (Å²) in [4.78, 5) is 26.7. The second kappa shape index (κ2) is 9.44. The molecule has 1 aliphatic heterocycles. The van der Waals surface area contributed by atoms with E-state index >= 15 is 0 Å². The fraction of sp³-hybridized carbons (Fsp3) is 0.455. The molecule has 2 amide bonds. The van der Waals surface area contributed by atoms with Crippen LogP contribution in [0.5, 0.6) is 5.75 Å². The molecular weight excluding hydrogens is 356 g/mol. The summed E-state index contributed by atoms with van der Waals surface area (Å²) in [7, 11) is 0. The lowest BCUT2D eigenvalue weighted by Gasteiger charge is -2.32. The Labute approximate surface area is 165 Å². The van der Waals surface area contributed by atoms with Gasteiger partial charge in [0.25, 0.3) is 5.91 Å². The maximum Gasteiger partial charge on any atom is 0.287 e. The number of rotatable bonds is 7. The summed E-state index contributed by atoms with van der Waals surface area (Å²) in [5.74, 6) is 1.36. The summed E-state index contributed by atoms with van der Waals surface area (Å²) >= 11 is 0. The molecule has 2 aromatic rings. The van der Waals surface area contributed by atoms with Crippen molar-refractivity contribution in [2.75, 3.05) is 13.1 Å². The first-order valence-electron chi connectivity index (χ1n) is 9.85. The molecule has 0 bridgehead atoms. The number of para-hydroxylation sites is 1. The van der Waals surface area contributed by atoms with Gasteiger partial charge in [0, 0.05) is 31.1 Å². The Morgan fingerprint density at radius 1 is 1.18 bits per heavy atom. The molecular formula is C22H28N2O4. The maximum atomic E-state index is 12.6. The van der Waals surface area contributed by atoms with Gasteiger partial charge in [-0.3, -0.25) is 9.59 Å². The molecule has 0 unspecified atom stereocenters. The van der Waals surface area contributed by atoms with Crippen LogP contribution in [0.1, 0.15) is 49.2 Å². The fourth-order valence-corrected chi connectivity index (χ4v) is 3.33. The van der Waals surface area contributed by atoms with E-state index in [0.717, 1.165) is 18.6 Å². The lowest BCUT2D eigenvalue weighted by atomic mass is 10.0. The first-order chi connectivity index (χ1) is 13.5. The number of likely N-dealkylation sites (tertiary alicyclic amines) is 1. The molecule has 0 aliphatic carbocycles. The van der Waals surface area contributed by atoms with Crippen molar-refractivity contribution < 1.29 is 18.7 Å². The van der Waals surface area contributed by atoms with Gasteiger partial charge in [0.15, 0.2) is 5.76 Å². The molecule has 0 radical (unpaired) electrons. The molecule has 1 fully saturated rings. The first kappa shape index (κ1) is 20.0. The van der Waals surface area contributed by atoms with Gasteiger partial charge in [0.2, 0.25) is 5.91 Å². The molecule has 0 saturated carbocycles. The summed E-state index contributed by atoms with van der Waals surface area (Å²) in [5.41, 5.74) is 0.714. The molecule has 28 heavy (non-hydrogen) atoms. The standard InChI is InChI=1S/C22H28N2O4/c1-16(2)14-20(25)24-11-8-18(9-12-24)23-22(26)21-17(10-13-27-21)15-28-19-6-4-3-5-7-19/h3-7,10,13,16,18H,8-9,11-12,14-15H2,1-2H3,(H,23,26). The molecule has 6 nitrogen and oxygen atoms in total. The van der Waals surface area contributed by atoms with Crippen LogP contribution in [0.15, 0.2) is 47.1 Å². The minimum absolute atomic E-state index is 0.0450. The van der Waals surface area contributed by atoms with Crippen molar-refractivity contribution >= 4 is 11.8 Å². The van der Waals surface area contributed by atoms with Gasteiger partial charge in [-0.2, -0.15) is 0 Å². The number of ether oxygens (including phenoxy) is 1. The van der Waals surface area contributed by atoms with E-state index < -0.39 is 0 Å². The van der Waals surface area contributed by atoms with E-state index in [9.17, 15) is 9.59 Å². The van der Waals surface area contributed by atoms with E-state index in [-0.39, 0.29) is 30.2 Å². The zero-order valence-electron chi connectivity index (χ0n) is 16.5. The van der Waals surface area contributed by atoms with E-state index in [2.05, 4.69) is 5.32 Å². The minimum Gasteiger partial charge on any atom is -0.489 e. The van der Waals surface area contributed by atoms with Gasteiger partial charge < -0.3 is 19.4 Å². The Kier molecular flexibility index (Phi) is 6.74. The van der Waals surface area contributed by atoms with Crippen LogP contribution in [0.25, 0.3) is 0 Å². The zero-order chi connectivity index (χ0) is 19.9. The highest BCUT2D eigenvalue weighted by atomic mass is 16.5. The molecule has 1 aromatic carbocycles. The van der Waals surface area contributed by atoms with Gasteiger partial charge in [0.05, 0.1) is 6.26 Å². The summed E-state index contributed by atoms with van der Waals surface area (Å²) in [5, 5.41) is 3.03. The van der Waals surface area contributed by atoms with Crippen LogP contribution in [0, 0.1) is 5.92 Å². The van der Waals surface area contributed by atoms with E-state index in [1.165, 1.54) is 6.26 Å². The third-order valence-electron chi connectivity index (χ3n) is 4.86. The largest absolute Gasteiger partial charge is 0.489 e. The zero-order valence-corrected chi connectivity index (χ0v) is 16.5. The Morgan fingerprint density at radius 3 is 2.57 bits per heavy atom. The predicted molar refractivity (Wildman–Crippen MR) is 106 cm³/mol. The summed E-state index contributed by atoms with van der Waals surface area (Å²) in [6.45, 7) is 5.73. The average molecular weight is 384 g/mol. The van der Waals surface area contributed by atoms with E-state index in [4.69, 9.17) is 9.15 Å². The Bertz CT molecular complexity index is 777. The molecule has 0 spiro atoms. The number of amides is 2. The van der Waals surface area contributed by atoms with Gasteiger partial charge in [0.1, 0.15) is 12.4 Å². The van der Waals surface area contributed by atoms with Crippen molar-refractivity contribution in [1.29, 1.82) is 0 Å². The van der Waals surface area contributed by atoms with Crippen LogP contribution in [0.2, 0.25) is 0 Å². The highest BCUT2D eigenvalue weighted by Gasteiger charge is 2.26. The van der Waals surface area contributed by atoms with Crippen molar-refractivity contribution in [3.05, 3.63) is 54.0 Å². The number of hydrogen-bond donors (Lipinski definition) is 1. The normalized spacial score (nSPS) is 14.9. The monoisotopic (exact) mass is 384 g/mol. The van der Waals surface area contributed by atoms with Crippen LogP contribution >= 0.6 is 0 Å². The van der Waals surface area contributed by atoms with Crippen molar-refractivity contribution in [2.24, 2.45) is 5.92 Å². The number of hydrogen-bond acceptors (Lipinski definition) is 4. The number of carbonyl (C=O) groups excluding carboxylic acids is 2. The number of carbonyl (C=O) groups is 2. The van der Waals surface area contributed by atoms with Gasteiger partial charge in [-0.1, -0.05) is 32.0 Å². The van der Waals surface area contributed by atoms with Gasteiger partial charge in [-0.25, -0.2) is 0 Å². The third kappa shape index (κ3) is 5.38. The second-order valence-electron chi connectivity index (χ2n) is 7.60. The number of benzene rings is 1. The minimum atomic E-state index is -0.233. The SMILES string of the molecule is CC(C)CC(=O)N1CCC(NC(=O)c2occc2COc2ccccc2)CC1. The lowest BCUT2D eigenvalue weighted by Crippen LogP contribution is -2.46. The molecule has 1 aromatic heterocycles. The van der Waals surface area contributed by atoms with Gasteiger partial charge in [-0.05, 0) is 37.0 Å². The van der Waals surface area contributed by atoms with Crippen molar-refractivity contribution in [3.8, 4) is 5.75 Å².